The Morgan fingerprint density at radius 2 is 1.94 bits per heavy atom. The minimum Gasteiger partial charge on any atom is -0.491 e. The number of ether oxygens (including phenoxy) is 1. The van der Waals surface area contributed by atoms with Crippen LogP contribution in [0.15, 0.2) is 24.3 Å². The van der Waals surface area contributed by atoms with Gasteiger partial charge in [0, 0.05) is 12.1 Å². The summed E-state index contributed by atoms with van der Waals surface area (Å²) in [7, 11) is 0. The highest BCUT2D eigenvalue weighted by molar-refractivity contribution is 5.33. The van der Waals surface area contributed by atoms with Crippen LogP contribution in [0.4, 0.5) is 0 Å². The van der Waals surface area contributed by atoms with E-state index in [1.807, 2.05) is 39.0 Å². The van der Waals surface area contributed by atoms with Gasteiger partial charge in [-0.25, -0.2) is 0 Å². The molecule has 0 amide bonds. The maximum Gasteiger partial charge on any atom is 0.124 e. The number of para-hydroxylation sites is 1. The minimum absolute atomic E-state index is 0.196. The van der Waals surface area contributed by atoms with E-state index in [1.165, 1.54) is 5.56 Å². The Hall–Kier alpha value is -1.06. The molecule has 0 aliphatic carbocycles. The van der Waals surface area contributed by atoms with Gasteiger partial charge >= 0.3 is 0 Å². The van der Waals surface area contributed by atoms with Crippen molar-refractivity contribution in [1.82, 2.24) is 5.32 Å². The molecule has 1 unspecified atom stereocenters. The van der Waals surface area contributed by atoms with Crippen LogP contribution in [0.3, 0.4) is 0 Å². The zero-order valence-electron chi connectivity index (χ0n) is 11.6. The Balaban J connectivity index is 2.37. The van der Waals surface area contributed by atoms with E-state index in [2.05, 4.69) is 11.4 Å². The van der Waals surface area contributed by atoms with Gasteiger partial charge in [-0.05, 0) is 46.2 Å². The molecule has 18 heavy (non-hydrogen) atoms. The molecule has 0 aliphatic heterocycles. The molecule has 1 aromatic rings. The molecule has 0 bridgehead atoms. The lowest BCUT2D eigenvalue weighted by atomic mass is 10.2. The Labute approximate surface area is 110 Å². The molecule has 0 aliphatic rings. The Morgan fingerprint density at radius 3 is 2.61 bits per heavy atom. The SMILES string of the molecule is CC(O)CCCNCc1ccccc1OC(C)C. The zero-order valence-corrected chi connectivity index (χ0v) is 11.6. The van der Waals surface area contributed by atoms with Gasteiger partial charge in [0.1, 0.15) is 5.75 Å². The van der Waals surface area contributed by atoms with E-state index < -0.39 is 0 Å². The molecule has 0 saturated carbocycles. The molecule has 0 radical (unpaired) electrons. The van der Waals surface area contributed by atoms with Gasteiger partial charge in [-0.2, -0.15) is 0 Å². The average Bonchev–Trinajstić information content (AvgIpc) is 2.29. The van der Waals surface area contributed by atoms with Crippen LogP contribution in [0.2, 0.25) is 0 Å². The van der Waals surface area contributed by atoms with Crippen molar-refractivity contribution in [3.05, 3.63) is 29.8 Å². The van der Waals surface area contributed by atoms with Crippen LogP contribution in [0.1, 0.15) is 39.2 Å². The summed E-state index contributed by atoms with van der Waals surface area (Å²) in [6.07, 6.45) is 1.83. The van der Waals surface area contributed by atoms with Crippen molar-refractivity contribution in [2.24, 2.45) is 0 Å². The summed E-state index contributed by atoms with van der Waals surface area (Å²) < 4.78 is 5.76. The standard InChI is InChI=1S/C15H25NO2/c1-12(2)18-15-9-5-4-8-14(15)11-16-10-6-7-13(3)17/h4-5,8-9,12-13,16-17H,6-7,10-11H2,1-3H3. The van der Waals surface area contributed by atoms with Crippen LogP contribution < -0.4 is 10.1 Å². The summed E-state index contributed by atoms with van der Waals surface area (Å²) in [5.74, 6) is 0.954. The molecule has 0 heterocycles. The number of benzene rings is 1. The van der Waals surface area contributed by atoms with Gasteiger partial charge in [0.2, 0.25) is 0 Å². The maximum atomic E-state index is 9.16. The number of hydrogen-bond donors (Lipinski definition) is 2. The van der Waals surface area contributed by atoms with Crippen LogP contribution in [-0.2, 0) is 6.54 Å². The average molecular weight is 251 g/mol. The fraction of sp³-hybridized carbons (Fsp3) is 0.600. The van der Waals surface area contributed by atoms with Gasteiger partial charge in [-0.1, -0.05) is 18.2 Å². The molecule has 0 aromatic heterocycles. The Kier molecular flexibility index (Phi) is 6.76. The molecule has 3 nitrogen and oxygen atoms in total. The molecule has 102 valence electrons. The molecule has 0 spiro atoms. The van der Waals surface area contributed by atoms with Crippen molar-refractivity contribution >= 4 is 0 Å². The van der Waals surface area contributed by atoms with Crippen molar-refractivity contribution in [1.29, 1.82) is 0 Å². The quantitative estimate of drug-likeness (QED) is 0.698. The van der Waals surface area contributed by atoms with E-state index in [-0.39, 0.29) is 12.2 Å². The lowest BCUT2D eigenvalue weighted by Crippen LogP contribution is -2.17. The molecular formula is C15H25NO2. The van der Waals surface area contributed by atoms with Crippen molar-refractivity contribution in [2.45, 2.75) is 52.4 Å². The number of aliphatic hydroxyl groups is 1. The fourth-order valence-electron chi connectivity index (χ4n) is 1.76. The van der Waals surface area contributed by atoms with Crippen LogP contribution in [0.5, 0.6) is 5.75 Å². The Morgan fingerprint density at radius 1 is 1.22 bits per heavy atom. The van der Waals surface area contributed by atoms with E-state index >= 15 is 0 Å². The summed E-state index contributed by atoms with van der Waals surface area (Å²) >= 11 is 0. The Bertz CT molecular complexity index is 337. The lowest BCUT2D eigenvalue weighted by Gasteiger charge is -2.14. The predicted octanol–water partition coefficient (Wildman–Crippen LogP) is 2.72. The summed E-state index contributed by atoms with van der Waals surface area (Å²) in [4.78, 5) is 0. The highest BCUT2D eigenvalue weighted by Gasteiger charge is 2.04. The minimum atomic E-state index is -0.205. The number of aliphatic hydroxyl groups excluding tert-OH is 1. The van der Waals surface area contributed by atoms with Gasteiger partial charge in [-0.15, -0.1) is 0 Å². The normalized spacial score (nSPS) is 12.7. The fourth-order valence-corrected chi connectivity index (χ4v) is 1.76. The van der Waals surface area contributed by atoms with Gasteiger partial charge in [0.15, 0.2) is 0 Å². The number of nitrogens with one attached hydrogen (secondary N) is 1. The molecule has 1 atom stereocenters. The van der Waals surface area contributed by atoms with Crippen LogP contribution >= 0.6 is 0 Å². The van der Waals surface area contributed by atoms with Crippen LogP contribution in [0.25, 0.3) is 0 Å². The topological polar surface area (TPSA) is 41.5 Å². The number of hydrogen-bond acceptors (Lipinski definition) is 3. The first-order chi connectivity index (χ1) is 8.59. The molecule has 0 fully saturated rings. The first-order valence-electron chi connectivity index (χ1n) is 6.73. The second-order valence-corrected chi connectivity index (χ2v) is 4.94. The van der Waals surface area contributed by atoms with E-state index in [0.29, 0.717) is 0 Å². The largest absolute Gasteiger partial charge is 0.491 e. The first kappa shape index (κ1) is 15.0. The highest BCUT2D eigenvalue weighted by atomic mass is 16.5. The van der Waals surface area contributed by atoms with Crippen LogP contribution in [-0.4, -0.2) is 23.9 Å². The van der Waals surface area contributed by atoms with E-state index in [1.54, 1.807) is 0 Å². The van der Waals surface area contributed by atoms with Gasteiger partial charge in [0.25, 0.3) is 0 Å². The molecule has 0 saturated heterocycles. The van der Waals surface area contributed by atoms with Crippen molar-refractivity contribution in [3.63, 3.8) is 0 Å². The lowest BCUT2D eigenvalue weighted by molar-refractivity contribution is 0.181. The molecule has 2 N–H and O–H groups in total. The third-order valence-electron chi connectivity index (χ3n) is 2.63. The molecule has 1 rings (SSSR count). The summed E-state index contributed by atoms with van der Waals surface area (Å²) in [6, 6.07) is 8.11. The summed E-state index contributed by atoms with van der Waals surface area (Å²) in [5, 5.41) is 12.5. The van der Waals surface area contributed by atoms with E-state index in [4.69, 9.17) is 9.84 Å². The smallest absolute Gasteiger partial charge is 0.124 e. The first-order valence-corrected chi connectivity index (χ1v) is 6.73. The van der Waals surface area contributed by atoms with Gasteiger partial charge in [0.05, 0.1) is 12.2 Å². The third-order valence-corrected chi connectivity index (χ3v) is 2.63. The number of rotatable bonds is 8. The second kappa shape index (κ2) is 8.11. The molecule has 3 heteroatoms. The molecular weight excluding hydrogens is 226 g/mol. The second-order valence-electron chi connectivity index (χ2n) is 4.94. The van der Waals surface area contributed by atoms with Crippen molar-refractivity contribution in [3.8, 4) is 5.75 Å². The third kappa shape index (κ3) is 6.03. The monoisotopic (exact) mass is 251 g/mol. The molecule has 1 aromatic carbocycles. The highest BCUT2D eigenvalue weighted by Crippen LogP contribution is 2.19. The maximum absolute atomic E-state index is 9.16. The van der Waals surface area contributed by atoms with Gasteiger partial charge < -0.3 is 15.2 Å². The van der Waals surface area contributed by atoms with Crippen LogP contribution in [0, 0.1) is 0 Å². The van der Waals surface area contributed by atoms with Crippen molar-refractivity contribution in [2.75, 3.05) is 6.54 Å². The van der Waals surface area contributed by atoms with E-state index in [9.17, 15) is 0 Å². The van der Waals surface area contributed by atoms with Crippen molar-refractivity contribution < 1.29 is 9.84 Å². The van der Waals surface area contributed by atoms with E-state index in [0.717, 1.165) is 31.7 Å². The zero-order chi connectivity index (χ0) is 13.4. The van der Waals surface area contributed by atoms with Gasteiger partial charge in [-0.3, -0.25) is 0 Å². The summed E-state index contributed by atoms with van der Waals surface area (Å²) in [5.41, 5.74) is 1.18. The summed E-state index contributed by atoms with van der Waals surface area (Å²) in [6.45, 7) is 7.62. The predicted molar refractivity (Wildman–Crippen MR) is 74.8 cm³/mol.